The zero-order valence-corrected chi connectivity index (χ0v) is 29.6. The highest BCUT2D eigenvalue weighted by atomic mass is 15.1. The third-order valence-corrected chi connectivity index (χ3v) is 11.4. The van der Waals surface area contributed by atoms with Crippen LogP contribution >= 0.6 is 0 Å². The van der Waals surface area contributed by atoms with Crippen LogP contribution in [0, 0.1) is 0 Å². The molecule has 0 saturated heterocycles. The van der Waals surface area contributed by atoms with Crippen LogP contribution in [0.15, 0.2) is 164 Å². The number of nitrogens with two attached hydrogens (primary N) is 1. The van der Waals surface area contributed by atoms with Crippen molar-refractivity contribution >= 4 is 65.9 Å². The van der Waals surface area contributed by atoms with Crippen LogP contribution in [0.1, 0.15) is 29.2 Å². The lowest BCUT2D eigenvalue weighted by Crippen LogP contribution is -2.13. The number of para-hydroxylation sites is 4. The van der Waals surface area contributed by atoms with Crippen molar-refractivity contribution in [2.75, 3.05) is 5.73 Å². The first-order valence-electron chi connectivity index (χ1n) is 18.6. The Morgan fingerprint density at radius 1 is 0.704 bits per heavy atom. The summed E-state index contributed by atoms with van der Waals surface area (Å²) in [6.45, 7) is 3.84. The maximum absolute atomic E-state index is 7.00. The zero-order chi connectivity index (χ0) is 35.9. The number of hydrogen-bond donors (Lipinski definition) is 1. The fourth-order valence-electron chi connectivity index (χ4n) is 8.97. The molecule has 2 N–H and O–H groups in total. The Hall–Kier alpha value is -6.98. The number of nitrogens with zero attached hydrogens (tertiary/aromatic N) is 4. The molecule has 0 amide bonds. The van der Waals surface area contributed by atoms with Crippen LogP contribution in [0.5, 0.6) is 0 Å². The molecule has 1 aliphatic carbocycles. The highest BCUT2D eigenvalue weighted by Crippen LogP contribution is 2.46. The first-order chi connectivity index (χ1) is 26.7. The van der Waals surface area contributed by atoms with Gasteiger partial charge in [0.25, 0.3) is 0 Å². The molecule has 5 heteroatoms. The Morgan fingerprint density at radius 3 is 2.39 bits per heavy atom. The van der Waals surface area contributed by atoms with Crippen molar-refractivity contribution in [1.29, 1.82) is 0 Å². The van der Waals surface area contributed by atoms with Gasteiger partial charge in [-0.05, 0) is 83.6 Å². The lowest BCUT2D eigenvalue weighted by Gasteiger charge is -2.25. The molecule has 1 atom stereocenters. The summed E-state index contributed by atoms with van der Waals surface area (Å²) in [5.74, 6) is 1.13. The number of anilines is 1. The molecular formula is C49H35N5. The number of hydrogen-bond acceptors (Lipinski definition) is 3. The van der Waals surface area contributed by atoms with Gasteiger partial charge >= 0.3 is 0 Å². The smallest absolute Gasteiger partial charge is 0.164 e. The third kappa shape index (κ3) is 4.45. The van der Waals surface area contributed by atoms with Gasteiger partial charge < -0.3 is 10.3 Å². The van der Waals surface area contributed by atoms with E-state index >= 15 is 0 Å². The Labute approximate surface area is 312 Å². The summed E-state index contributed by atoms with van der Waals surface area (Å²) in [5, 5.41) is 4.75. The minimum absolute atomic E-state index is 0.246. The summed E-state index contributed by atoms with van der Waals surface area (Å²) >= 11 is 0. The molecule has 0 spiro atoms. The summed E-state index contributed by atoms with van der Waals surface area (Å²) in [7, 11) is 0. The monoisotopic (exact) mass is 693 g/mol. The number of allylic oxidation sites excluding steroid dienone is 7. The normalized spacial score (nSPS) is 15.0. The second-order valence-corrected chi connectivity index (χ2v) is 14.4. The number of aromatic nitrogens is 4. The quantitative estimate of drug-likeness (QED) is 0.144. The fourth-order valence-corrected chi connectivity index (χ4v) is 8.97. The molecule has 0 radical (unpaired) electrons. The summed E-state index contributed by atoms with van der Waals surface area (Å²) in [6.07, 6.45) is 14.4. The molecule has 2 bridgehead atoms. The molecule has 4 heterocycles. The largest absolute Gasteiger partial charge is 0.398 e. The highest BCUT2D eigenvalue weighted by Gasteiger charge is 2.29. The summed E-state index contributed by atoms with van der Waals surface area (Å²) in [6, 6.07) is 43.5. The van der Waals surface area contributed by atoms with E-state index in [0.29, 0.717) is 0 Å². The molecule has 2 aliphatic rings. The fraction of sp³-hybridized carbons (Fsp3) is 0.0612. The minimum atomic E-state index is 0.246. The number of nitrogen functional groups attached to an aromatic ring is 1. The Kier molecular flexibility index (Phi) is 6.68. The van der Waals surface area contributed by atoms with Gasteiger partial charge in [0.2, 0.25) is 0 Å². The molecule has 0 saturated carbocycles. The van der Waals surface area contributed by atoms with Gasteiger partial charge in [-0.25, -0.2) is 9.97 Å². The zero-order valence-electron chi connectivity index (χ0n) is 29.6. The summed E-state index contributed by atoms with van der Waals surface area (Å²) in [4.78, 5) is 10.6. The van der Waals surface area contributed by atoms with Crippen LogP contribution in [0.4, 0.5) is 5.69 Å². The predicted molar refractivity (Wildman–Crippen MR) is 226 cm³/mol. The van der Waals surface area contributed by atoms with E-state index in [1.807, 2.05) is 24.3 Å². The van der Waals surface area contributed by atoms with E-state index in [9.17, 15) is 0 Å². The van der Waals surface area contributed by atoms with E-state index in [0.717, 1.165) is 74.4 Å². The molecule has 11 rings (SSSR count). The van der Waals surface area contributed by atoms with Gasteiger partial charge in [-0.3, -0.25) is 4.57 Å². The summed E-state index contributed by atoms with van der Waals surface area (Å²) in [5.41, 5.74) is 22.1. The second kappa shape index (κ2) is 11.8. The molecule has 0 fully saturated rings. The van der Waals surface area contributed by atoms with E-state index < -0.39 is 0 Å². The van der Waals surface area contributed by atoms with Gasteiger partial charge in [0.1, 0.15) is 5.69 Å². The van der Waals surface area contributed by atoms with Gasteiger partial charge in [0.15, 0.2) is 5.82 Å². The lowest BCUT2D eigenvalue weighted by atomic mass is 9.85. The maximum atomic E-state index is 7.00. The van der Waals surface area contributed by atoms with Crippen molar-refractivity contribution in [3.05, 3.63) is 181 Å². The van der Waals surface area contributed by atoms with E-state index in [-0.39, 0.29) is 5.92 Å². The molecular weight excluding hydrogens is 659 g/mol. The van der Waals surface area contributed by atoms with Crippen molar-refractivity contribution in [2.45, 2.75) is 18.8 Å². The standard InChI is InChI=1S/C49H35N5/c1-2-3-4-13-30-14-5-6-17-34(30)38-28-40-36-18-7-10-23-44(36)53(46(40)29-41(38)50)33-24-25-45-39(27-33)37-20-12-19-35-31-15-11-16-32(26-31)47-49(54(45)48(35)37)52-43-22-9-8-21-42(43)51-47/h2-12,14-25,27-29,31H,1,13,26,50H2/b4-3-. The summed E-state index contributed by atoms with van der Waals surface area (Å²) < 4.78 is 4.74. The Morgan fingerprint density at radius 2 is 1.48 bits per heavy atom. The van der Waals surface area contributed by atoms with Crippen LogP contribution < -0.4 is 5.73 Å². The third-order valence-electron chi connectivity index (χ3n) is 11.4. The van der Waals surface area contributed by atoms with Crippen molar-refractivity contribution in [2.24, 2.45) is 0 Å². The topological polar surface area (TPSA) is 61.7 Å². The molecule has 54 heavy (non-hydrogen) atoms. The van der Waals surface area contributed by atoms with Gasteiger partial charge in [-0.1, -0.05) is 116 Å². The van der Waals surface area contributed by atoms with E-state index in [1.54, 1.807) is 0 Å². The average Bonchev–Trinajstić information content (AvgIpc) is 3.72. The minimum Gasteiger partial charge on any atom is -0.398 e. The van der Waals surface area contributed by atoms with E-state index in [4.69, 9.17) is 15.7 Å². The maximum Gasteiger partial charge on any atom is 0.164 e. The Bertz CT molecular complexity index is 3150. The van der Waals surface area contributed by atoms with Crippen molar-refractivity contribution in [1.82, 2.24) is 19.1 Å². The molecule has 1 unspecified atom stereocenters. The Balaban J connectivity index is 1.17. The highest BCUT2D eigenvalue weighted by molar-refractivity contribution is 6.14. The predicted octanol–water partition coefficient (Wildman–Crippen LogP) is 11.8. The first-order valence-corrected chi connectivity index (χ1v) is 18.6. The van der Waals surface area contributed by atoms with Crippen molar-refractivity contribution < 1.29 is 0 Å². The number of rotatable bonds is 5. The second-order valence-electron chi connectivity index (χ2n) is 14.4. The van der Waals surface area contributed by atoms with E-state index in [2.05, 4.69) is 149 Å². The van der Waals surface area contributed by atoms with Gasteiger partial charge in [-0.2, -0.15) is 0 Å². The van der Waals surface area contributed by atoms with Crippen LogP contribution in [0.25, 0.3) is 82.9 Å². The van der Waals surface area contributed by atoms with Crippen molar-refractivity contribution in [3.8, 4) is 22.6 Å². The molecule has 1 aliphatic heterocycles. The first kappa shape index (κ1) is 30.6. The molecule has 3 aromatic heterocycles. The lowest BCUT2D eigenvalue weighted by molar-refractivity contribution is 0.851. The molecule has 5 nitrogen and oxygen atoms in total. The number of benzene rings is 6. The number of fused-ring (bicyclic) bond motifs is 13. The van der Waals surface area contributed by atoms with Gasteiger partial charge in [-0.15, -0.1) is 0 Å². The van der Waals surface area contributed by atoms with Crippen LogP contribution in [-0.2, 0) is 6.42 Å². The SMILES string of the molecule is C=C/C=C\Cc1ccccc1-c1cc2c3ccccc3n(-c3ccc4c(c3)c3cccc5c3n4-c3nc4ccccc4nc3C3=CC=CC5C3)c2cc1N. The van der Waals surface area contributed by atoms with Crippen molar-refractivity contribution in [3.63, 3.8) is 0 Å². The molecule has 6 aromatic carbocycles. The average molecular weight is 694 g/mol. The van der Waals surface area contributed by atoms with E-state index in [1.165, 1.54) is 43.8 Å². The van der Waals surface area contributed by atoms with Gasteiger partial charge in [0, 0.05) is 44.4 Å². The van der Waals surface area contributed by atoms with Gasteiger partial charge in [0.05, 0.1) is 33.1 Å². The van der Waals surface area contributed by atoms with Crippen LogP contribution in [-0.4, -0.2) is 19.1 Å². The molecule has 256 valence electrons. The van der Waals surface area contributed by atoms with Crippen LogP contribution in [0.3, 0.4) is 0 Å². The molecule has 9 aromatic rings. The van der Waals surface area contributed by atoms with Crippen LogP contribution in [0.2, 0.25) is 0 Å².